The Hall–Kier alpha value is -2.24. The van der Waals surface area contributed by atoms with Crippen molar-refractivity contribution < 1.29 is 28.9 Å². The monoisotopic (exact) mass is 871 g/mol. The van der Waals surface area contributed by atoms with Gasteiger partial charge < -0.3 is 19.3 Å². The Morgan fingerprint density at radius 3 is 1.10 bits per heavy atom. The fraction of sp³-hybridized carbons (Fsp3) is 0.857. The number of hydrogen-bond acceptors (Lipinski definition) is 6. The summed E-state index contributed by atoms with van der Waals surface area (Å²) < 4.78 is 17.6. The lowest BCUT2D eigenvalue weighted by Crippen LogP contribution is -2.22. The lowest BCUT2D eigenvalue weighted by molar-refractivity contribution is -0.144. The zero-order valence-corrected chi connectivity index (χ0v) is 42.2. The standard InChI is InChI=1S/C56H102O6/c1-8-11-14-16-18-20-22-24-26-28-30-32-34-36-45-61-53(58)40-38-42-55(4,5)49-48-52(60-44-13-10-3)50(47-51(49)57)56(6,7)43-39-41-54(59)62-46-37-35-33-31-29-27-25-23-21-19-17-15-12-9-2/h47-48,57H,8-46H2,1-7H3. The third-order valence-corrected chi connectivity index (χ3v) is 13.2. The van der Waals surface area contributed by atoms with E-state index in [0.717, 1.165) is 68.2 Å². The molecule has 0 spiro atoms. The maximum atomic E-state index is 12.6. The number of ether oxygens (including phenoxy) is 3. The number of benzene rings is 1. The number of rotatable bonds is 44. The van der Waals surface area contributed by atoms with Crippen molar-refractivity contribution in [2.24, 2.45) is 0 Å². The van der Waals surface area contributed by atoms with Gasteiger partial charge in [-0.1, -0.05) is 222 Å². The number of carbonyl (C=O) groups is 2. The minimum atomic E-state index is -0.360. The summed E-state index contributed by atoms with van der Waals surface area (Å²) in [7, 11) is 0. The second kappa shape index (κ2) is 38.1. The highest BCUT2D eigenvalue weighted by Crippen LogP contribution is 2.44. The molecule has 362 valence electrons. The maximum absolute atomic E-state index is 12.6. The van der Waals surface area contributed by atoms with Gasteiger partial charge in [0.15, 0.2) is 0 Å². The van der Waals surface area contributed by atoms with E-state index in [2.05, 4.69) is 48.5 Å². The van der Waals surface area contributed by atoms with Gasteiger partial charge in [0.05, 0.1) is 19.8 Å². The molecule has 0 atom stereocenters. The van der Waals surface area contributed by atoms with E-state index in [1.54, 1.807) is 0 Å². The van der Waals surface area contributed by atoms with Gasteiger partial charge in [-0.3, -0.25) is 9.59 Å². The molecule has 62 heavy (non-hydrogen) atoms. The van der Waals surface area contributed by atoms with Crippen LogP contribution in [0.5, 0.6) is 11.5 Å². The summed E-state index contributed by atoms with van der Waals surface area (Å²) >= 11 is 0. The molecule has 1 aromatic carbocycles. The third kappa shape index (κ3) is 30.0. The van der Waals surface area contributed by atoms with Crippen molar-refractivity contribution in [1.82, 2.24) is 0 Å². The Kier molecular flexibility index (Phi) is 35.5. The van der Waals surface area contributed by atoms with Gasteiger partial charge in [-0.2, -0.15) is 0 Å². The van der Waals surface area contributed by atoms with Gasteiger partial charge in [0.25, 0.3) is 0 Å². The predicted octanol–water partition coefficient (Wildman–Crippen LogP) is 17.5. The lowest BCUT2D eigenvalue weighted by atomic mass is 9.75. The smallest absolute Gasteiger partial charge is 0.305 e. The molecule has 0 bridgehead atoms. The predicted molar refractivity (Wildman–Crippen MR) is 265 cm³/mol. The molecule has 0 heterocycles. The molecule has 0 aliphatic carbocycles. The quantitative estimate of drug-likeness (QED) is 0.0520. The molecule has 0 amide bonds. The number of phenols is 1. The number of aromatic hydroxyl groups is 1. The van der Waals surface area contributed by atoms with E-state index in [4.69, 9.17) is 14.2 Å². The van der Waals surface area contributed by atoms with Crippen LogP contribution in [0.25, 0.3) is 0 Å². The van der Waals surface area contributed by atoms with Crippen LogP contribution in [0.4, 0.5) is 0 Å². The van der Waals surface area contributed by atoms with Crippen LogP contribution in [0.3, 0.4) is 0 Å². The molecule has 0 aliphatic rings. The van der Waals surface area contributed by atoms with Crippen LogP contribution in [-0.2, 0) is 29.9 Å². The van der Waals surface area contributed by atoms with Crippen molar-refractivity contribution in [1.29, 1.82) is 0 Å². The normalized spacial score (nSPS) is 11.9. The highest BCUT2D eigenvalue weighted by molar-refractivity contribution is 5.69. The van der Waals surface area contributed by atoms with Crippen LogP contribution >= 0.6 is 0 Å². The molecule has 0 saturated carbocycles. The molecule has 1 N–H and O–H groups in total. The van der Waals surface area contributed by atoms with Gasteiger partial charge in [0.2, 0.25) is 0 Å². The molecular formula is C56H102O6. The summed E-state index contributed by atoms with van der Waals surface area (Å²) in [6.45, 7) is 17.0. The molecular weight excluding hydrogens is 769 g/mol. The molecule has 0 unspecified atom stereocenters. The van der Waals surface area contributed by atoms with Crippen molar-refractivity contribution in [2.45, 2.75) is 290 Å². The number of phenolic OH excluding ortho intramolecular Hbond substituents is 1. The zero-order valence-electron chi connectivity index (χ0n) is 42.2. The van der Waals surface area contributed by atoms with Crippen LogP contribution in [0.15, 0.2) is 12.1 Å². The van der Waals surface area contributed by atoms with Crippen LogP contribution in [0.2, 0.25) is 0 Å². The number of carbonyl (C=O) groups excluding carboxylic acids is 2. The van der Waals surface area contributed by atoms with Crippen molar-refractivity contribution in [3.8, 4) is 11.5 Å². The summed E-state index contributed by atoms with van der Waals surface area (Å²) in [4.78, 5) is 25.2. The van der Waals surface area contributed by atoms with E-state index in [-0.39, 0.29) is 28.5 Å². The highest BCUT2D eigenvalue weighted by Gasteiger charge is 2.31. The fourth-order valence-corrected chi connectivity index (χ4v) is 8.81. The Labute approximate surface area is 384 Å². The minimum absolute atomic E-state index is 0.117. The Morgan fingerprint density at radius 1 is 0.419 bits per heavy atom. The van der Waals surface area contributed by atoms with Gasteiger partial charge in [0.1, 0.15) is 11.5 Å². The second-order valence-corrected chi connectivity index (χ2v) is 20.2. The largest absolute Gasteiger partial charge is 0.508 e. The molecule has 1 aromatic rings. The summed E-state index contributed by atoms with van der Waals surface area (Å²) in [5.41, 5.74) is 1.13. The summed E-state index contributed by atoms with van der Waals surface area (Å²) in [6.07, 6.45) is 42.4. The molecule has 0 saturated heterocycles. The first-order valence-electron chi connectivity index (χ1n) is 26.8. The molecule has 0 fully saturated rings. The molecule has 6 nitrogen and oxygen atoms in total. The second-order valence-electron chi connectivity index (χ2n) is 20.2. The average Bonchev–Trinajstić information content (AvgIpc) is 3.23. The van der Waals surface area contributed by atoms with Crippen LogP contribution < -0.4 is 4.74 Å². The first-order valence-corrected chi connectivity index (χ1v) is 26.8. The highest BCUT2D eigenvalue weighted by atomic mass is 16.5. The van der Waals surface area contributed by atoms with Gasteiger partial charge in [-0.25, -0.2) is 0 Å². The van der Waals surface area contributed by atoms with Crippen molar-refractivity contribution >= 4 is 11.9 Å². The van der Waals surface area contributed by atoms with Crippen molar-refractivity contribution in [2.75, 3.05) is 19.8 Å². The first kappa shape index (κ1) is 57.8. The SMILES string of the molecule is CCCCCCCCCCCCCCCCOC(=O)CCCC(C)(C)c1cc(OCCCC)c(C(C)(C)CCCC(=O)OCCCCCCCCCCCCCCCC)cc1O. The maximum Gasteiger partial charge on any atom is 0.305 e. The Bertz CT molecular complexity index is 1220. The van der Waals surface area contributed by atoms with E-state index in [0.29, 0.717) is 45.5 Å². The minimum Gasteiger partial charge on any atom is -0.508 e. The molecule has 1 rings (SSSR count). The zero-order chi connectivity index (χ0) is 45.6. The van der Waals surface area contributed by atoms with Gasteiger partial charge >= 0.3 is 11.9 Å². The van der Waals surface area contributed by atoms with E-state index in [1.807, 2.05) is 12.1 Å². The lowest BCUT2D eigenvalue weighted by Gasteiger charge is -2.32. The average molecular weight is 871 g/mol. The summed E-state index contributed by atoms with van der Waals surface area (Å²) in [5.74, 6) is 0.818. The van der Waals surface area contributed by atoms with E-state index < -0.39 is 0 Å². The summed E-state index contributed by atoms with van der Waals surface area (Å²) in [5, 5.41) is 11.5. The van der Waals surface area contributed by atoms with Crippen LogP contribution in [-0.4, -0.2) is 36.9 Å². The molecule has 0 radical (unpaired) electrons. The van der Waals surface area contributed by atoms with E-state index >= 15 is 0 Å². The van der Waals surface area contributed by atoms with Crippen LogP contribution in [0, 0.1) is 0 Å². The number of hydrogen-bond donors (Lipinski definition) is 1. The van der Waals surface area contributed by atoms with Crippen LogP contribution in [0.1, 0.15) is 291 Å². The number of unbranched alkanes of at least 4 members (excludes halogenated alkanes) is 27. The van der Waals surface area contributed by atoms with Gasteiger partial charge in [-0.05, 0) is 67.9 Å². The van der Waals surface area contributed by atoms with Gasteiger partial charge in [0, 0.05) is 24.0 Å². The third-order valence-electron chi connectivity index (χ3n) is 13.2. The fourth-order valence-electron chi connectivity index (χ4n) is 8.81. The topological polar surface area (TPSA) is 82.1 Å². The summed E-state index contributed by atoms with van der Waals surface area (Å²) in [6, 6.07) is 3.91. The first-order chi connectivity index (χ1) is 30.0. The Morgan fingerprint density at radius 2 is 0.742 bits per heavy atom. The Balaban J connectivity index is 2.41. The number of esters is 2. The molecule has 0 aliphatic heterocycles. The molecule has 0 aromatic heterocycles. The van der Waals surface area contributed by atoms with Crippen molar-refractivity contribution in [3.05, 3.63) is 23.3 Å². The van der Waals surface area contributed by atoms with Gasteiger partial charge in [-0.15, -0.1) is 0 Å². The molecule has 6 heteroatoms. The van der Waals surface area contributed by atoms with Crippen molar-refractivity contribution in [3.63, 3.8) is 0 Å². The van der Waals surface area contributed by atoms with E-state index in [9.17, 15) is 14.7 Å². The van der Waals surface area contributed by atoms with E-state index in [1.165, 1.54) is 154 Å².